The molecule has 3 rings (SSSR count). The predicted octanol–water partition coefficient (Wildman–Crippen LogP) is 1.82. The Bertz CT molecular complexity index is 910. The monoisotopic (exact) mass is 352 g/mol. The zero-order chi connectivity index (χ0) is 18.3. The molecule has 8 heteroatoms. The van der Waals surface area contributed by atoms with Gasteiger partial charge in [-0.3, -0.25) is 4.79 Å². The Morgan fingerprint density at radius 3 is 2.68 bits per heavy atom. The molecule has 2 heterocycles. The van der Waals surface area contributed by atoms with Crippen molar-refractivity contribution < 1.29 is 23.8 Å². The highest BCUT2D eigenvalue weighted by Gasteiger charge is 2.29. The van der Waals surface area contributed by atoms with Crippen molar-refractivity contribution in [2.45, 2.75) is 19.9 Å². The number of hydrogen-bond acceptors (Lipinski definition) is 4. The van der Waals surface area contributed by atoms with Crippen LogP contribution in [-0.4, -0.2) is 40.4 Å². The fraction of sp³-hybridized carbons (Fsp3) is 0.412. The molecule has 2 N–H and O–H groups in total. The van der Waals surface area contributed by atoms with Gasteiger partial charge in [-0.25, -0.2) is 13.6 Å². The van der Waals surface area contributed by atoms with E-state index >= 15 is 4.39 Å². The van der Waals surface area contributed by atoms with Crippen LogP contribution >= 0.6 is 0 Å². The number of aliphatic hydroxyl groups excluding tert-OH is 1. The summed E-state index contributed by atoms with van der Waals surface area (Å²) in [6.07, 6.45) is 1.70. The van der Waals surface area contributed by atoms with E-state index in [0.717, 1.165) is 12.3 Å². The molecule has 6 nitrogen and oxygen atoms in total. The topological polar surface area (TPSA) is 82.8 Å². The lowest BCUT2D eigenvalue weighted by Gasteiger charge is -2.22. The van der Waals surface area contributed by atoms with Crippen molar-refractivity contribution in [2.75, 3.05) is 24.6 Å². The lowest BCUT2D eigenvalue weighted by atomic mass is 10.1. The fourth-order valence-electron chi connectivity index (χ4n) is 3.35. The summed E-state index contributed by atoms with van der Waals surface area (Å²) in [5, 5.41) is 18.1. The number of halogens is 2. The highest BCUT2D eigenvalue weighted by molar-refractivity contribution is 5.93. The molecule has 0 bridgehead atoms. The molecule has 1 aromatic carbocycles. The average Bonchev–Trinajstić information content (AvgIpc) is 3.04. The van der Waals surface area contributed by atoms with Crippen LogP contribution in [0, 0.1) is 17.6 Å². The van der Waals surface area contributed by atoms with Gasteiger partial charge in [0.1, 0.15) is 17.1 Å². The molecule has 1 aromatic heterocycles. The normalized spacial score (nSPS) is 17.4. The number of aryl methyl sites for hydroxylation is 1. The number of hydrogen-bond donors (Lipinski definition) is 2. The Balaban J connectivity index is 2.28. The number of nitrogens with zero attached hydrogens (tertiary/aromatic N) is 2. The Morgan fingerprint density at radius 2 is 2.12 bits per heavy atom. The number of carbonyl (C=O) groups is 1. The van der Waals surface area contributed by atoms with Crippen LogP contribution in [0.2, 0.25) is 0 Å². The van der Waals surface area contributed by atoms with Crippen molar-refractivity contribution in [1.29, 1.82) is 0 Å². The molecule has 1 aliphatic rings. The molecule has 1 saturated heterocycles. The standard InChI is InChI=1S/C17H18F2N2O4/c1-2-20-7-11(17(24)25)16(23)10-5-12(18)15(13(19)14(10)20)21-4-3-9(6-21)8-22/h5,7,9,22H,2-4,6,8H2,1H3,(H,24,25). The van der Waals surface area contributed by atoms with E-state index in [-0.39, 0.29) is 35.7 Å². The third kappa shape index (κ3) is 2.76. The van der Waals surface area contributed by atoms with Crippen LogP contribution in [0.4, 0.5) is 14.5 Å². The maximum absolute atomic E-state index is 15.1. The zero-order valence-corrected chi connectivity index (χ0v) is 13.6. The van der Waals surface area contributed by atoms with Crippen molar-refractivity contribution in [1.82, 2.24) is 4.57 Å². The summed E-state index contributed by atoms with van der Waals surface area (Å²) in [6, 6.07) is 0.904. The maximum Gasteiger partial charge on any atom is 0.341 e. The van der Waals surface area contributed by atoms with Crippen molar-refractivity contribution in [2.24, 2.45) is 5.92 Å². The van der Waals surface area contributed by atoms with Crippen molar-refractivity contribution in [3.63, 3.8) is 0 Å². The van der Waals surface area contributed by atoms with Crippen LogP contribution < -0.4 is 10.3 Å². The second-order valence-corrected chi connectivity index (χ2v) is 6.16. The Hall–Kier alpha value is -2.48. The molecule has 25 heavy (non-hydrogen) atoms. The third-order valence-electron chi connectivity index (χ3n) is 4.66. The summed E-state index contributed by atoms with van der Waals surface area (Å²) in [7, 11) is 0. The molecule has 1 aliphatic heterocycles. The summed E-state index contributed by atoms with van der Waals surface area (Å²) < 4.78 is 31.0. The summed E-state index contributed by atoms with van der Waals surface area (Å²) in [5.41, 5.74) is -1.79. The number of carboxylic acids is 1. The summed E-state index contributed by atoms with van der Waals surface area (Å²) >= 11 is 0. The fourth-order valence-corrected chi connectivity index (χ4v) is 3.35. The third-order valence-corrected chi connectivity index (χ3v) is 4.66. The Labute approximate surface area is 141 Å². The number of carboxylic acid groups (broad SMARTS) is 1. The van der Waals surface area contributed by atoms with Crippen molar-refractivity contribution in [3.8, 4) is 0 Å². The number of aromatic nitrogens is 1. The van der Waals surface area contributed by atoms with Gasteiger partial charge in [0.25, 0.3) is 0 Å². The van der Waals surface area contributed by atoms with Gasteiger partial charge < -0.3 is 19.7 Å². The van der Waals surface area contributed by atoms with Gasteiger partial charge in [-0.1, -0.05) is 0 Å². The largest absolute Gasteiger partial charge is 0.477 e. The molecule has 0 aliphatic carbocycles. The lowest BCUT2D eigenvalue weighted by molar-refractivity contribution is 0.0695. The second-order valence-electron chi connectivity index (χ2n) is 6.16. The minimum absolute atomic E-state index is 0.0581. The van der Waals surface area contributed by atoms with E-state index in [1.165, 1.54) is 9.47 Å². The highest BCUT2D eigenvalue weighted by Crippen LogP contribution is 2.33. The van der Waals surface area contributed by atoms with Gasteiger partial charge in [0.05, 0.1) is 10.9 Å². The van der Waals surface area contributed by atoms with Crippen LogP contribution in [0.25, 0.3) is 10.9 Å². The van der Waals surface area contributed by atoms with Gasteiger partial charge in [0.15, 0.2) is 5.82 Å². The Kier molecular flexibility index (Phi) is 4.47. The van der Waals surface area contributed by atoms with Gasteiger partial charge in [-0.15, -0.1) is 0 Å². The SMILES string of the molecule is CCn1cc(C(=O)O)c(=O)c2cc(F)c(N3CCC(CO)C3)c(F)c21. The van der Waals surface area contributed by atoms with E-state index < -0.39 is 28.6 Å². The van der Waals surface area contributed by atoms with Gasteiger partial charge >= 0.3 is 5.97 Å². The Morgan fingerprint density at radius 1 is 1.40 bits per heavy atom. The number of anilines is 1. The van der Waals surface area contributed by atoms with E-state index in [9.17, 15) is 19.1 Å². The minimum Gasteiger partial charge on any atom is -0.477 e. The number of fused-ring (bicyclic) bond motifs is 1. The van der Waals surface area contributed by atoms with Crippen molar-refractivity contribution >= 4 is 22.6 Å². The zero-order valence-electron chi connectivity index (χ0n) is 13.6. The van der Waals surface area contributed by atoms with E-state index in [2.05, 4.69) is 0 Å². The van der Waals surface area contributed by atoms with Crippen LogP contribution in [-0.2, 0) is 6.54 Å². The van der Waals surface area contributed by atoms with Gasteiger partial charge in [-0.05, 0) is 19.4 Å². The second kappa shape index (κ2) is 6.44. The molecule has 1 unspecified atom stereocenters. The van der Waals surface area contributed by atoms with Crippen LogP contribution in [0.5, 0.6) is 0 Å². The van der Waals surface area contributed by atoms with Gasteiger partial charge in [0, 0.05) is 38.4 Å². The van der Waals surface area contributed by atoms with E-state index in [4.69, 9.17) is 5.11 Å². The molecular weight excluding hydrogens is 334 g/mol. The van der Waals surface area contributed by atoms with Crippen LogP contribution in [0.3, 0.4) is 0 Å². The quantitative estimate of drug-likeness (QED) is 0.877. The first-order valence-corrected chi connectivity index (χ1v) is 8.03. The maximum atomic E-state index is 15.1. The first-order chi connectivity index (χ1) is 11.9. The molecule has 1 fully saturated rings. The summed E-state index contributed by atoms with van der Waals surface area (Å²) in [6.45, 7) is 2.55. The molecule has 134 valence electrons. The van der Waals surface area contributed by atoms with E-state index in [1.54, 1.807) is 6.92 Å². The predicted molar refractivity (Wildman–Crippen MR) is 88.2 cm³/mol. The van der Waals surface area contributed by atoms with E-state index in [0.29, 0.717) is 19.5 Å². The smallest absolute Gasteiger partial charge is 0.341 e. The molecule has 0 spiro atoms. The number of rotatable bonds is 4. The van der Waals surface area contributed by atoms with Crippen LogP contribution in [0.1, 0.15) is 23.7 Å². The van der Waals surface area contributed by atoms with Crippen LogP contribution in [0.15, 0.2) is 17.1 Å². The average molecular weight is 352 g/mol. The number of benzene rings is 1. The highest BCUT2D eigenvalue weighted by atomic mass is 19.1. The molecule has 1 atom stereocenters. The lowest BCUT2D eigenvalue weighted by Crippen LogP contribution is -2.25. The molecule has 0 saturated carbocycles. The van der Waals surface area contributed by atoms with E-state index in [1.807, 2.05) is 0 Å². The van der Waals surface area contributed by atoms with Crippen molar-refractivity contribution in [3.05, 3.63) is 39.7 Å². The molecule has 0 radical (unpaired) electrons. The number of aliphatic hydroxyl groups is 1. The van der Waals surface area contributed by atoms with Gasteiger partial charge in [0.2, 0.25) is 5.43 Å². The molecule has 2 aromatic rings. The first kappa shape index (κ1) is 17.3. The molecule has 0 amide bonds. The summed E-state index contributed by atoms with van der Waals surface area (Å²) in [4.78, 5) is 25.0. The number of aromatic carboxylic acids is 1. The number of pyridine rings is 1. The minimum atomic E-state index is -1.44. The molecular formula is C17H18F2N2O4. The van der Waals surface area contributed by atoms with Gasteiger partial charge in [-0.2, -0.15) is 0 Å². The first-order valence-electron chi connectivity index (χ1n) is 8.03. The summed E-state index contributed by atoms with van der Waals surface area (Å²) in [5.74, 6) is -3.29.